The number of benzene rings is 1. The third-order valence-electron chi connectivity index (χ3n) is 4.10. The molecule has 1 aliphatic heterocycles. The van der Waals surface area contributed by atoms with Crippen molar-refractivity contribution in [2.45, 2.75) is 39.3 Å². The molecule has 7 heteroatoms. The van der Waals surface area contributed by atoms with Crippen LogP contribution in [0.2, 0.25) is 0 Å². The molecule has 1 aromatic rings. The molecule has 2 rings (SSSR count). The van der Waals surface area contributed by atoms with Crippen molar-refractivity contribution in [2.24, 2.45) is 0 Å². The van der Waals surface area contributed by atoms with Gasteiger partial charge in [0.15, 0.2) is 0 Å². The van der Waals surface area contributed by atoms with Crippen molar-refractivity contribution in [1.29, 1.82) is 0 Å². The highest BCUT2D eigenvalue weighted by atomic mass is 35.5. The van der Waals surface area contributed by atoms with Gasteiger partial charge in [-0.25, -0.2) is 0 Å². The lowest BCUT2D eigenvalue weighted by Crippen LogP contribution is -2.44. The van der Waals surface area contributed by atoms with Gasteiger partial charge in [-0.05, 0) is 57.0 Å². The summed E-state index contributed by atoms with van der Waals surface area (Å²) >= 11 is 0. The van der Waals surface area contributed by atoms with Gasteiger partial charge in [-0.2, -0.15) is 8.78 Å². The molecule has 1 N–H and O–H groups in total. The van der Waals surface area contributed by atoms with Crippen LogP contribution in [0.5, 0.6) is 5.75 Å². The number of amides is 1. The fourth-order valence-corrected chi connectivity index (χ4v) is 2.90. The quantitative estimate of drug-likeness (QED) is 0.908. The second-order valence-electron chi connectivity index (χ2n) is 5.67. The number of halogens is 3. The summed E-state index contributed by atoms with van der Waals surface area (Å²) in [6.07, 6.45) is 1.85. The van der Waals surface area contributed by atoms with E-state index in [1.165, 1.54) is 0 Å². The molecular formula is C16H23ClF2N2O2. The molecule has 0 aliphatic carbocycles. The number of hydrogen-bond donors (Lipinski definition) is 1. The van der Waals surface area contributed by atoms with Crippen LogP contribution in [0, 0.1) is 13.8 Å². The van der Waals surface area contributed by atoms with Crippen LogP contribution in [0.1, 0.15) is 34.3 Å². The van der Waals surface area contributed by atoms with E-state index < -0.39 is 6.61 Å². The molecule has 23 heavy (non-hydrogen) atoms. The van der Waals surface area contributed by atoms with Gasteiger partial charge in [-0.1, -0.05) is 0 Å². The Morgan fingerprint density at radius 1 is 1.26 bits per heavy atom. The Morgan fingerprint density at radius 2 is 1.78 bits per heavy atom. The fraction of sp³-hybridized carbons (Fsp3) is 0.562. The molecule has 0 spiro atoms. The van der Waals surface area contributed by atoms with Gasteiger partial charge in [0, 0.05) is 24.7 Å². The van der Waals surface area contributed by atoms with E-state index in [1.807, 2.05) is 11.9 Å². The Kier molecular flexibility index (Phi) is 7.22. The average molecular weight is 349 g/mol. The number of aryl methyl sites for hydroxylation is 2. The Morgan fingerprint density at radius 3 is 2.22 bits per heavy atom. The number of ether oxygens (including phenoxy) is 1. The lowest BCUT2D eigenvalue weighted by molar-refractivity contribution is -0.0507. The zero-order valence-electron chi connectivity index (χ0n) is 13.6. The number of rotatable bonds is 4. The van der Waals surface area contributed by atoms with Gasteiger partial charge in [-0.3, -0.25) is 4.79 Å². The van der Waals surface area contributed by atoms with Gasteiger partial charge in [-0.15, -0.1) is 12.4 Å². The van der Waals surface area contributed by atoms with Crippen LogP contribution in [-0.4, -0.2) is 43.6 Å². The van der Waals surface area contributed by atoms with E-state index in [9.17, 15) is 13.6 Å². The van der Waals surface area contributed by atoms with E-state index in [1.54, 1.807) is 26.0 Å². The Labute approximate surface area is 141 Å². The molecule has 1 saturated heterocycles. The number of likely N-dealkylation sites (tertiary alicyclic amines) is 1. The van der Waals surface area contributed by atoms with Crippen molar-refractivity contribution in [3.63, 3.8) is 0 Å². The molecule has 1 amide bonds. The second-order valence-corrected chi connectivity index (χ2v) is 5.67. The number of hydrogen-bond acceptors (Lipinski definition) is 3. The molecule has 0 radical (unpaired) electrons. The van der Waals surface area contributed by atoms with E-state index in [-0.39, 0.29) is 24.1 Å². The largest absolute Gasteiger partial charge is 0.434 e. The van der Waals surface area contributed by atoms with Gasteiger partial charge < -0.3 is 15.0 Å². The third-order valence-corrected chi connectivity index (χ3v) is 4.10. The molecule has 0 atom stereocenters. The maximum Gasteiger partial charge on any atom is 0.387 e. The molecule has 0 unspecified atom stereocenters. The maximum absolute atomic E-state index is 12.5. The average Bonchev–Trinajstić information content (AvgIpc) is 2.50. The summed E-state index contributed by atoms with van der Waals surface area (Å²) in [7, 11) is 1.93. The first-order valence-electron chi connectivity index (χ1n) is 7.45. The van der Waals surface area contributed by atoms with Gasteiger partial charge in [0.25, 0.3) is 5.91 Å². The summed E-state index contributed by atoms with van der Waals surface area (Å²) in [5.41, 5.74) is 1.63. The number of nitrogens with one attached hydrogen (secondary N) is 1. The van der Waals surface area contributed by atoms with Crippen LogP contribution in [0.15, 0.2) is 12.1 Å². The monoisotopic (exact) mass is 348 g/mol. The lowest BCUT2D eigenvalue weighted by atomic mass is 10.0. The summed E-state index contributed by atoms with van der Waals surface area (Å²) in [5, 5.41) is 3.22. The maximum atomic E-state index is 12.5. The highest BCUT2D eigenvalue weighted by molar-refractivity contribution is 5.95. The fourth-order valence-electron chi connectivity index (χ4n) is 2.90. The van der Waals surface area contributed by atoms with Gasteiger partial charge in [0.1, 0.15) is 5.75 Å². The molecule has 130 valence electrons. The minimum atomic E-state index is -2.86. The minimum Gasteiger partial charge on any atom is -0.434 e. The van der Waals surface area contributed by atoms with Crippen LogP contribution < -0.4 is 10.1 Å². The first-order valence-corrected chi connectivity index (χ1v) is 7.45. The number of carbonyl (C=O) groups is 1. The van der Waals surface area contributed by atoms with Crippen LogP contribution in [-0.2, 0) is 0 Å². The van der Waals surface area contributed by atoms with Crippen molar-refractivity contribution in [2.75, 3.05) is 20.1 Å². The highest BCUT2D eigenvalue weighted by Gasteiger charge is 2.24. The van der Waals surface area contributed by atoms with Crippen LogP contribution >= 0.6 is 12.4 Å². The standard InChI is InChI=1S/C16H22F2N2O2.ClH/c1-10-8-12(9-11(2)14(10)22-16(17)18)15(21)20-6-4-13(19-3)5-7-20;/h8-9,13,16,19H,4-7H2,1-3H3;1H. The second kappa shape index (κ2) is 8.45. The van der Waals surface area contributed by atoms with Crippen molar-refractivity contribution >= 4 is 18.3 Å². The van der Waals surface area contributed by atoms with Crippen LogP contribution in [0.25, 0.3) is 0 Å². The van der Waals surface area contributed by atoms with E-state index in [2.05, 4.69) is 10.1 Å². The summed E-state index contributed by atoms with van der Waals surface area (Å²) < 4.78 is 29.3. The Hall–Kier alpha value is -1.40. The van der Waals surface area contributed by atoms with Crippen LogP contribution in [0.3, 0.4) is 0 Å². The van der Waals surface area contributed by atoms with Gasteiger partial charge >= 0.3 is 6.61 Å². The topological polar surface area (TPSA) is 41.6 Å². The normalized spacial score (nSPS) is 15.5. The van der Waals surface area contributed by atoms with E-state index >= 15 is 0 Å². The van der Waals surface area contributed by atoms with E-state index in [0.29, 0.717) is 35.8 Å². The van der Waals surface area contributed by atoms with Crippen molar-refractivity contribution in [3.8, 4) is 5.75 Å². The van der Waals surface area contributed by atoms with Crippen molar-refractivity contribution < 1.29 is 18.3 Å². The first-order chi connectivity index (χ1) is 10.4. The molecule has 1 fully saturated rings. The number of piperidine rings is 1. The number of alkyl halides is 2. The molecule has 4 nitrogen and oxygen atoms in total. The van der Waals surface area contributed by atoms with E-state index in [4.69, 9.17) is 0 Å². The molecule has 1 aromatic carbocycles. The summed E-state index contributed by atoms with van der Waals surface area (Å²) in [4.78, 5) is 14.4. The molecular weight excluding hydrogens is 326 g/mol. The Balaban J connectivity index is 0.00000264. The zero-order valence-corrected chi connectivity index (χ0v) is 14.4. The van der Waals surface area contributed by atoms with E-state index in [0.717, 1.165) is 12.8 Å². The van der Waals surface area contributed by atoms with Crippen LogP contribution in [0.4, 0.5) is 8.78 Å². The predicted octanol–water partition coefficient (Wildman–Crippen LogP) is 3.15. The molecule has 0 bridgehead atoms. The summed E-state index contributed by atoms with van der Waals surface area (Å²) in [5.74, 6) is 0.102. The highest BCUT2D eigenvalue weighted by Crippen LogP contribution is 2.27. The summed E-state index contributed by atoms with van der Waals surface area (Å²) in [6.45, 7) is 1.90. The first kappa shape index (κ1) is 19.6. The van der Waals surface area contributed by atoms with Gasteiger partial charge in [0.05, 0.1) is 0 Å². The minimum absolute atomic E-state index is 0. The van der Waals surface area contributed by atoms with Crippen molar-refractivity contribution in [1.82, 2.24) is 10.2 Å². The summed E-state index contributed by atoms with van der Waals surface area (Å²) in [6, 6.07) is 3.70. The van der Waals surface area contributed by atoms with Gasteiger partial charge in [0.2, 0.25) is 0 Å². The number of nitrogens with zero attached hydrogens (tertiary/aromatic N) is 1. The SMILES string of the molecule is CNC1CCN(C(=O)c2cc(C)c(OC(F)F)c(C)c2)CC1.Cl. The third kappa shape index (κ3) is 4.78. The predicted molar refractivity (Wildman–Crippen MR) is 87.8 cm³/mol. The molecule has 1 heterocycles. The van der Waals surface area contributed by atoms with Crippen molar-refractivity contribution in [3.05, 3.63) is 28.8 Å². The smallest absolute Gasteiger partial charge is 0.387 e. The molecule has 0 saturated carbocycles. The molecule has 0 aromatic heterocycles. The molecule has 1 aliphatic rings. The lowest BCUT2D eigenvalue weighted by Gasteiger charge is -2.32. The zero-order chi connectivity index (χ0) is 16.3. The number of carbonyl (C=O) groups excluding carboxylic acids is 1. The Bertz CT molecular complexity index is 524.